The van der Waals surface area contributed by atoms with Crippen LogP contribution in [0, 0.1) is 0 Å². The molecule has 6 nitrogen and oxygen atoms in total. The lowest BCUT2D eigenvalue weighted by Crippen LogP contribution is -2.62. The number of carbonyl (C=O) groups is 1. The van der Waals surface area contributed by atoms with Gasteiger partial charge in [0.2, 0.25) is 0 Å². The van der Waals surface area contributed by atoms with E-state index in [9.17, 15) is 9.90 Å². The Bertz CT molecular complexity index is 535. The minimum absolute atomic E-state index is 0.0218. The van der Waals surface area contributed by atoms with Crippen molar-refractivity contribution in [3.05, 3.63) is 24.0 Å². The van der Waals surface area contributed by atoms with Gasteiger partial charge in [-0.1, -0.05) is 13.3 Å². The zero-order chi connectivity index (χ0) is 15.5. The monoisotopic (exact) mass is 305 g/mol. The SMILES string of the molecule is CCCC1COCC2CN(C(=O)c3cncc(O)c3)CCN12. The minimum atomic E-state index is -0.0688. The molecule has 2 unspecified atom stereocenters. The average Bonchev–Trinajstić information content (AvgIpc) is 2.54. The summed E-state index contributed by atoms with van der Waals surface area (Å²) < 4.78 is 5.73. The Kier molecular flexibility index (Phi) is 4.59. The van der Waals surface area contributed by atoms with Crippen molar-refractivity contribution in [1.82, 2.24) is 14.8 Å². The van der Waals surface area contributed by atoms with Crippen LogP contribution < -0.4 is 0 Å². The number of ether oxygens (including phenoxy) is 1. The van der Waals surface area contributed by atoms with Gasteiger partial charge in [-0.2, -0.15) is 0 Å². The molecule has 0 spiro atoms. The van der Waals surface area contributed by atoms with Crippen molar-refractivity contribution in [3.8, 4) is 5.75 Å². The van der Waals surface area contributed by atoms with Crippen LogP contribution in [0.4, 0.5) is 0 Å². The van der Waals surface area contributed by atoms with E-state index in [1.807, 2.05) is 4.90 Å². The molecule has 2 aliphatic heterocycles. The Hall–Kier alpha value is -1.66. The van der Waals surface area contributed by atoms with Crippen LogP contribution >= 0.6 is 0 Å². The fourth-order valence-electron chi connectivity index (χ4n) is 3.43. The van der Waals surface area contributed by atoms with E-state index < -0.39 is 0 Å². The number of hydrogen-bond donors (Lipinski definition) is 1. The van der Waals surface area contributed by atoms with Crippen LogP contribution in [-0.2, 0) is 4.74 Å². The third-order valence-corrected chi connectivity index (χ3v) is 4.50. The number of piperazine rings is 1. The third-order valence-electron chi connectivity index (χ3n) is 4.50. The number of amides is 1. The molecule has 22 heavy (non-hydrogen) atoms. The fraction of sp³-hybridized carbons (Fsp3) is 0.625. The lowest BCUT2D eigenvalue weighted by molar-refractivity contribution is -0.0776. The first-order chi connectivity index (χ1) is 10.7. The van der Waals surface area contributed by atoms with Crippen molar-refractivity contribution in [2.75, 3.05) is 32.8 Å². The number of nitrogens with zero attached hydrogens (tertiary/aromatic N) is 3. The van der Waals surface area contributed by atoms with Gasteiger partial charge in [-0.25, -0.2) is 0 Å². The third kappa shape index (κ3) is 3.08. The topological polar surface area (TPSA) is 65.9 Å². The summed E-state index contributed by atoms with van der Waals surface area (Å²) in [6.07, 6.45) is 5.13. The van der Waals surface area contributed by atoms with Gasteiger partial charge in [0.15, 0.2) is 0 Å². The Morgan fingerprint density at radius 2 is 2.27 bits per heavy atom. The van der Waals surface area contributed by atoms with Crippen LogP contribution in [-0.4, -0.2) is 70.7 Å². The molecule has 2 atom stereocenters. The Morgan fingerprint density at radius 3 is 3.05 bits per heavy atom. The second-order valence-electron chi connectivity index (χ2n) is 6.05. The summed E-state index contributed by atoms with van der Waals surface area (Å²) in [7, 11) is 0. The number of aromatic nitrogens is 1. The molecule has 3 heterocycles. The van der Waals surface area contributed by atoms with Crippen molar-refractivity contribution < 1.29 is 14.6 Å². The van der Waals surface area contributed by atoms with E-state index in [2.05, 4.69) is 16.8 Å². The Labute approximate surface area is 130 Å². The molecule has 0 radical (unpaired) electrons. The first-order valence-electron chi connectivity index (χ1n) is 7.95. The highest BCUT2D eigenvalue weighted by Gasteiger charge is 2.36. The molecule has 0 aromatic carbocycles. The summed E-state index contributed by atoms with van der Waals surface area (Å²) in [6.45, 7) is 5.95. The summed E-state index contributed by atoms with van der Waals surface area (Å²) in [5, 5.41) is 9.48. The lowest BCUT2D eigenvalue weighted by atomic mass is 10.0. The molecule has 3 rings (SSSR count). The van der Waals surface area contributed by atoms with Crippen LogP contribution in [0.5, 0.6) is 5.75 Å². The van der Waals surface area contributed by atoms with E-state index in [4.69, 9.17) is 4.74 Å². The molecule has 2 aliphatic rings. The van der Waals surface area contributed by atoms with Gasteiger partial charge in [0.1, 0.15) is 5.75 Å². The zero-order valence-corrected chi connectivity index (χ0v) is 12.9. The van der Waals surface area contributed by atoms with Crippen molar-refractivity contribution in [2.24, 2.45) is 0 Å². The number of morpholine rings is 1. The van der Waals surface area contributed by atoms with Crippen molar-refractivity contribution in [3.63, 3.8) is 0 Å². The van der Waals surface area contributed by atoms with Gasteiger partial charge >= 0.3 is 0 Å². The molecule has 1 aromatic rings. The lowest BCUT2D eigenvalue weighted by Gasteiger charge is -2.48. The number of aromatic hydroxyl groups is 1. The predicted octanol–water partition coefficient (Wildman–Crippen LogP) is 1.11. The van der Waals surface area contributed by atoms with Gasteiger partial charge < -0.3 is 14.7 Å². The minimum Gasteiger partial charge on any atom is -0.506 e. The summed E-state index contributed by atoms with van der Waals surface area (Å²) in [5.74, 6) is -0.0471. The highest BCUT2D eigenvalue weighted by atomic mass is 16.5. The summed E-state index contributed by atoms with van der Waals surface area (Å²) in [6, 6.07) is 2.22. The highest BCUT2D eigenvalue weighted by molar-refractivity contribution is 5.94. The molecule has 120 valence electrons. The molecule has 0 bridgehead atoms. The molecule has 2 saturated heterocycles. The maximum absolute atomic E-state index is 12.5. The normalized spacial score (nSPS) is 25.8. The van der Waals surface area contributed by atoms with Crippen LogP contribution in [0.2, 0.25) is 0 Å². The zero-order valence-electron chi connectivity index (χ0n) is 12.9. The molecule has 0 aliphatic carbocycles. The van der Waals surface area contributed by atoms with E-state index >= 15 is 0 Å². The van der Waals surface area contributed by atoms with Crippen LogP contribution in [0.1, 0.15) is 30.1 Å². The standard InChI is InChI=1S/C16H23N3O3/c1-2-3-13-10-22-11-14-9-18(4-5-19(13)14)16(21)12-6-15(20)8-17-7-12/h6-8,13-14,20H,2-5,9-11H2,1H3. The smallest absolute Gasteiger partial charge is 0.255 e. The molecule has 1 N–H and O–H groups in total. The largest absolute Gasteiger partial charge is 0.506 e. The Balaban J connectivity index is 1.68. The molecule has 0 saturated carbocycles. The van der Waals surface area contributed by atoms with Gasteiger partial charge in [0.05, 0.1) is 31.0 Å². The second-order valence-corrected chi connectivity index (χ2v) is 6.05. The predicted molar refractivity (Wildman–Crippen MR) is 81.8 cm³/mol. The second kappa shape index (κ2) is 6.62. The van der Waals surface area contributed by atoms with E-state index in [-0.39, 0.29) is 17.7 Å². The highest BCUT2D eigenvalue weighted by Crippen LogP contribution is 2.22. The van der Waals surface area contributed by atoms with Crippen LogP contribution in [0.3, 0.4) is 0 Å². The summed E-state index contributed by atoms with van der Waals surface area (Å²) in [5.41, 5.74) is 0.440. The quantitative estimate of drug-likeness (QED) is 0.906. The van der Waals surface area contributed by atoms with E-state index in [0.717, 1.165) is 26.0 Å². The number of pyridine rings is 1. The molecular weight excluding hydrogens is 282 g/mol. The number of rotatable bonds is 3. The van der Waals surface area contributed by atoms with Gasteiger partial charge in [-0.15, -0.1) is 0 Å². The van der Waals surface area contributed by atoms with E-state index in [0.29, 0.717) is 31.3 Å². The first-order valence-corrected chi connectivity index (χ1v) is 7.95. The average molecular weight is 305 g/mol. The first kappa shape index (κ1) is 15.2. The molecule has 6 heteroatoms. The number of carbonyl (C=O) groups excluding carboxylic acids is 1. The summed E-state index contributed by atoms with van der Waals surface area (Å²) >= 11 is 0. The van der Waals surface area contributed by atoms with Gasteiger partial charge in [-0.05, 0) is 12.5 Å². The van der Waals surface area contributed by atoms with Crippen LogP contribution in [0.25, 0.3) is 0 Å². The van der Waals surface area contributed by atoms with Crippen molar-refractivity contribution in [2.45, 2.75) is 31.8 Å². The molecule has 1 amide bonds. The molecule has 2 fully saturated rings. The molecular formula is C16H23N3O3. The maximum Gasteiger partial charge on any atom is 0.255 e. The maximum atomic E-state index is 12.5. The van der Waals surface area contributed by atoms with Crippen molar-refractivity contribution >= 4 is 5.91 Å². The molecule has 1 aromatic heterocycles. The van der Waals surface area contributed by atoms with Crippen molar-refractivity contribution in [1.29, 1.82) is 0 Å². The van der Waals surface area contributed by atoms with E-state index in [1.54, 1.807) is 0 Å². The number of hydrogen-bond acceptors (Lipinski definition) is 5. The van der Waals surface area contributed by atoms with Crippen LogP contribution in [0.15, 0.2) is 18.5 Å². The van der Waals surface area contributed by atoms with Gasteiger partial charge in [0, 0.05) is 31.9 Å². The fourth-order valence-corrected chi connectivity index (χ4v) is 3.43. The van der Waals surface area contributed by atoms with E-state index in [1.165, 1.54) is 18.5 Å². The summed E-state index contributed by atoms with van der Waals surface area (Å²) in [4.78, 5) is 20.8. The Morgan fingerprint density at radius 1 is 1.41 bits per heavy atom. The van der Waals surface area contributed by atoms with Gasteiger partial charge in [-0.3, -0.25) is 14.7 Å². The van der Waals surface area contributed by atoms with Gasteiger partial charge in [0.25, 0.3) is 5.91 Å². The number of fused-ring (bicyclic) bond motifs is 1.